The molecule has 3 saturated carbocycles. The number of anilines is 4. The van der Waals surface area contributed by atoms with Crippen molar-refractivity contribution in [1.82, 2.24) is 15.3 Å². The van der Waals surface area contributed by atoms with Crippen molar-refractivity contribution in [2.45, 2.75) is 82.4 Å². The lowest BCUT2D eigenvalue weighted by molar-refractivity contribution is -0.122. The molecule has 4 aliphatic rings. The van der Waals surface area contributed by atoms with E-state index < -0.39 is 0 Å². The highest BCUT2D eigenvalue weighted by Gasteiger charge is 2.55. The summed E-state index contributed by atoms with van der Waals surface area (Å²) in [5.41, 5.74) is 1.60. The highest BCUT2D eigenvalue weighted by atomic mass is 16.5. The standard InChI is InChI=1S/C29H38N6O4/c1-34-23-16-30-28(33-25(23)35(20-5-3-4-6-20)17-29(13-14-29)27(34)38)32-22-12-7-18(15-24(22)39-2)26(37)31-19-8-10-21(36)11-9-19/h7,12,15-16,19-21,36H,3-6,8-11,13-14,17H2,1-2H3,(H,31,37)(H,30,32,33). The predicted molar refractivity (Wildman–Crippen MR) is 149 cm³/mol. The van der Waals surface area contributed by atoms with Crippen LogP contribution in [-0.2, 0) is 4.79 Å². The Morgan fingerprint density at radius 2 is 1.87 bits per heavy atom. The molecule has 3 N–H and O–H groups in total. The van der Waals surface area contributed by atoms with Crippen LogP contribution in [-0.4, -0.2) is 65.8 Å². The van der Waals surface area contributed by atoms with Gasteiger partial charge in [-0.2, -0.15) is 4.98 Å². The van der Waals surface area contributed by atoms with Crippen LogP contribution in [0, 0.1) is 5.41 Å². The number of methoxy groups -OCH3 is 1. The fourth-order valence-electron chi connectivity index (χ4n) is 6.39. The van der Waals surface area contributed by atoms with E-state index in [1.807, 2.05) is 7.05 Å². The number of hydrogen-bond acceptors (Lipinski definition) is 8. The Morgan fingerprint density at radius 1 is 1.13 bits per heavy atom. The van der Waals surface area contributed by atoms with Gasteiger partial charge in [-0.3, -0.25) is 9.59 Å². The molecule has 208 valence electrons. The molecule has 0 bridgehead atoms. The third kappa shape index (κ3) is 5.02. The molecule has 2 heterocycles. The number of aromatic nitrogens is 2. The molecule has 10 heteroatoms. The van der Waals surface area contributed by atoms with E-state index in [9.17, 15) is 14.7 Å². The minimum atomic E-state index is -0.303. The summed E-state index contributed by atoms with van der Waals surface area (Å²) < 4.78 is 5.62. The molecule has 1 aromatic heterocycles. The van der Waals surface area contributed by atoms with Gasteiger partial charge in [-0.1, -0.05) is 12.8 Å². The van der Waals surface area contributed by atoms with E-state index in [4.69, 9.17) is 9.72 Å². The molecule has 10 nitrogen and oxygen atoms in total. The Kier molecular flexibility index (Phi) is 6.82. The number of hydrogen-bond donors (Lipinski definition) is 3. The van der Waals surface area contributed by atoms with Gasteiger partial charge in [-0.25, -0.2) is 4.98 Å². The van der Waals surface area contributed by atoms with Crippen molar-refractivity contribution in [3.8, 4) is 5.75 Å². The zero-order valence-electron chi connectivity index (χ0n) is 22.8. The summed E-state index contributed by atoms with van der Waals surface area (Å²) in [4.78, 5) is 39.8. The number of nitrogens with zero attached hydrogens (tertiary/aromatic N) is 4. The van der Waals surface area contributed by atoms with Crippen LogP contribution in [0.25, 0.3) is 0 Å². The number of amides is 2. The van der Waals surface area contributed by atoms with Crippen LogP contribution in [0.5, 0.6) is 5.75 Å². The SMILES string of the molecule is COc1cc(C(=O)NC2CCC(O)CC2)ccc1Nc1ncc2c(n1)N(C1CCCC1)CC1(CC1)C(=O)N2C. The van der Waals surface area contributed by atoms with Gasteiger partial charge in [0.05, 0.1) is 30.5 Å². The summed E-state index contributed by atoms with van der Waals surface area (Å²) in [6.07, 6.45) is 10.9. The summed E-state index contributed by atoms with van der Waals surface area (Å²) in [6.45, 7) is 0.706. The Labute approximate surface area is 229 Å². The molecular weight excluding hydrogens is 496 g/mol. The molecule has 0 radical (unpaired) electrons. The third-order valence-electron chi connectivity index (χ3n) is 8.98. The first-order valence-corrected chi connectivity index (χ1v) is 14.2. The van der Waals surface area contributed by atoms with Gasteiger partial charge >= 0.3 is 0 Å². The van der Waals surface area contributed by atoms with Crippen LogP contribution in [0.4, 0.5) is 23.1 Å². The van der Waals surface area contributed by atoms with E-state index in [-0.39, 0.29) is 29.4 Å². The van der Waals surface area contributed by atoms with Crippen molar-refractivity contribution in [3.63, 3.8) is 0 Å². The maximum atomic E-state index is 13.3. The Morgan fingerprint density at radius 3 is 2.56 bits per heavy atom. The van der Waals surface area contributed by atoms with Gasteiger partial charge in [0.15, 0.2) is 5.82 Å². The molecule has 1 aliphatic heterocycles. The second-order valence-corrected chi connectivity index (χ2v) is 11.6. The number of ether oxygens (including phenoxy) is 1. The molecule has 0 unspecified atom stereocenters. The van der Waals surface area contributed by atoms with Crippen molar-refractivity contribution in [1.29, 1.82) is 0 Å². The normalized spacial score (nSPS) is 24.3. The van der Waals surface area contributed by atoms with E-state index in [2.05, 4.69) is 20.5 Å². The first-order valence-electron chi connectivity index (χ1n) is 14.2. The quantitative estimate of drug-likeness (QED) is 0.512. The fraction of sp³-hybridized carbons (Fsp3) is 0.586. The van der Waals surface area contributed by atoms with Crippen molar-refractivity contribution >= 4 is 35.0 Å². The number of fused-ring (bicyclic) bond motifs is 1. The molecule has 6 rings (SSSR count). The van der Waals surface area contributed by atoms with Crippen LogP contribution in [0.2, 0.25) is 0 Å². The summed E-state index contributed by atoms with van der Waals surface area (Å²) in [6, 6.07) is 5.72. The van der Waals surface area contributed by atoms with Crippen molar-refractivity contribution in [2.75, 3.05) is 35.8 Å². The Bertz CT molecular complexity index is 1250. The van der Waals surface area contributed by atoms with Gasteiger partial charge in [0, 0.05) is 31.2 Å². The Hall–Kier alpha value is -3.40. The number of nitrogens with one attached hydrogen (secondary N) is 2. The summed E-state index contributed by atoms with van der Waals surface area (Å²) in [5, 5.41) is 16.1. The van der Waals surface area contributed by atoms with Crippen molar-refractivity contribution < 1.29 is 19.4 Å². The average Bonchev–Trinajstić information content (AvgIpc) is 3.55. The molecule has 0 saturated heterocycles. The molecule has 2 aromatic rings. The lowest BCUT2D eigenvalue weighted by atomic mass is 9.93. The summed E-state index contributed by atoms with van der Waals surface area (Å²) in [5.74, 6) is 1.73. The molecule has 3 fully saturated rings. The first-order chi connectivity index (χ1) is 18.9. The van der Waals surface area contributed by atoms with Crippen LogP contribution in [0.15, 0.2) is 24.4 Å². The molecule has 1 aromatic carbocycles. The van der Waals surface area contributed by atoms with Crippen LogP contribution < -0.4 is 25.2 Å². The van der Waals surface area contributed by atoms with Gasteiger partial charge in [0.1, 0.15) is 11.4 Å². The monoisotopic (exact) mass is 534 g/mol. The molecule has 39 heavy (non-hydrogen) atoms. The van der Waals surface area contributed by atoms with Gasteiger partial charge in [-0.15, -0.1) is 0 Å². The molecule has 3 aliphatic carbocycles. The maximum absolute atomic E-state index is 13.3. The van der Waals surface area contributed by atoms with E-state index in [0.29, 0.717) is 48.4 Å². The minimum Gasteiger partial charge on any atom is -0.495 e. The number of aliphatic hydroxyl groups excluding tert-OH is 1. The number of rotatable bonds is 6. The van der Waals surface area contributed by atoms with E-state index >= 15 is 0 Å². The summed E-state index contributed by atoms with van der Waals surface area (Å²) >= 11 is 0. The first kappa shape index (κ1) is 25.9. The highest BCUT2D eigenvalue weighted by Crippen LogP contribution is 2.52. The van der Waals surface area contributed by atoms with Crippen molar-refractivity contribution in [3.05, 3.63) is 30.0 Å². The zero-order valence-corrected chi connectivity index (χ0v) is 22.8. The van der Waals surface area contributed by atoms with E-state index in [0.717, 1.165) is 50.0 Å². The average molecular weight is 535 g/mol. The van der Waals surface area contributed by atoms with Crippen LogP contribution in [0.3, 0.4) is 0 Å². The van der Waals surface area contributed by atoms with Crippen LogP contribution in [0.1, 0.15) is 74.6 Å². The largest absolute Gasteiger partial charge is 0.495 e. The highest BCUT2D eigenvalue weighted by molar-refractivity contribution is 6.03. The molecule has 1 spiro atoms. The van der Waals surface area contributed by atoms with Crippen LogP contribution >= 0.6 is 0 Å². The Balaban J connectivity index is 1.24. The molecular formula is C29H38N6O4. The summed E-state index contributed by atoms with van der Waals surface area (Å²) in [7, 11) is 3.40. The van der Waals surface area contributed by atoms with Gasteiger partial charge in [0.2, 0.25) is 11.9 Å². The second kappa shape index (κ2) is 10.3. The minimum absolute atomic E-state index is 0.0697. The zero-order chi connectivity index (χ0) is 27.1. The lowest BCUT2D eigenvalue weighted by Crippen LogP contribution is -2.41. The van der Waals surface area contributed by atoms with E-state index in [1.54, 1.807) is 36.4 Å². The predicted octanol–water partition coefficient (Wildman–Crippen LogP) is 3.77. The molecule has 0 atom stereocenters. The lowest BCUT2D eigenvalue weighted by Gasteiger charge is -2.31. The fourth-order valence-corrected chi connectivity index (χ4v) is 6.39. The smallest absolute Gasteiger partial charge is 0.251 e. The maximum Gasteiger partial charge on any atom is 0.251 e. The van der Waals surface area contributed by atoms with Gasteiger partial charge < -0.3 is 30.3 Å². The van der Waals surface area contributed by atoms with Gasteiger partial charge in [-0.05, 0) is 69.6 Å². The topological polar surface area (TPSA) is 120 Å². The molecule has 2 amide bonds. The number of carbonyl (C=O) groups is 2. The van der Waals surface area contributed by atoms with E-state index in [1.165, 1.54) is 12.8 Å². The van der Waals surface area contributed by atoms with Gasteiger partial charge in [0.25, 0.3) is 5.91 Å². The van der Waals surface area contributed by atoms with Crippen molar-refractivity contribution in [2.24, 2.45) is 5.41 Å². The number of benzene rings is 1. The third-order valence-corrected chi connectivity index (χ3v) is 8.98. The second-order valence-electron chi connectivity index (χ2n) is 11.6. The number of carbonyl (C=O) groups excluding carboxylic acids is 2. The number of aliphatic hydroxyl groups is 1.